The predicted octanol–water partition coefficient (Wildman–Crippen LogP) is 2.00. The van der Waals surface area contributed by atoms with Crippen molar-refractivity contribution in [3.05, 3.63) is 35.6 Å². The Bertz CT molecular complexity index is 315. The summed E-state index contributed by atoms with van der Waals surface area (Å²) in [4.78, 5) is 0. The molecule has 0 saturated carbocycles. The number of rotatable bonds is 5. The molecule has 90 valence electrons. The van der Waals surface area contributed by atoms with Crippen molar-refractivity contribution in [3.8, 4) is 0 Å². The molecular formula is C13H19FO2. The molecule has 0 bridgehead atoms. The Labute approximate surface area is 95.7 Å². The van der Waals surface area contributed by atoms with Gasteiger partial charge < -0.3 is 10.2 Å². The van der Waals surface area contributed by atoms with Crippen LogP contribution in [0.4, 0.5) is 4.39 Å². The van der Waals surface area contributed by atoms with Gasteiger partial charge in [-0.15, -0.1) is 0 Å². The lowest BCUT2D eigenvalue weighted by molar-refractivity contribution is 0.0163. The van der Waals surface area contributed by atoms with Crippen LogP contribution >= 0.6 is 0 Å². The Kier molecular flexibility index (Phi) is 4.44. The number of benzene rings is 1. The summed E-state index contributed by atoms with van der Waals surface area (Å²) >= 11 is 0. The lowest BCUT2D eigenvalue weighted by Crippen LogP contribution is -2.37. The fraction of sp³-hybridized carbons (Fsp3) is 0.538. The van der Waals surface area contributed by atoms with Crippen molar-refractivity contribution in [2.45, 2.75) is 20.3 Å². The second kappa shape index (κ2) is 5.41. The standard InChI is InChI=1S/C13H19FO2/c1-10(2)13(8-15,9-16)7-11-3-5-12(14)6-4-11/h3-6,10,15-16H,7-9H2,1-2H3. The number of hydrogen-bond acceptors (Lipinski definition) is 2. The smallest absolute Gasteiger partial charge is 0.123 e. The Balaban J connectivity index is 2.87. The van der Waals surface area contributed by atoms with Gasteiger partial charge in [-0.2, -0.15) is 0 Å². The molecule has 0 amide bonds. The van der Waals surface area contributed by atoms with E-state index in [1.165, 1.54) is 12.1 Å². The third kappa shape index (κ3) is 2.80. The van der Waals surface area contributed by atoms with E-state index in [9.17, 15) is 14.6 Å². The highest BCUT2D eigenvalue weighted by atomic mass is 19.1. The van der Waals surface area contributed by atoms with Crippen LogP contribution in [-0.4, -0.2) is 23.4 Å². The van der Waals surface area contributed by atoms with Crippen LogP contribution in [0.25, 0.3) is 0 Å². The summed E-state index contributed by atoms with van der Waals surface area (Å²) < 4.78 is 12.7. The molecule has 16 heavy (non-hydrogen) atoms. The number of halogens is 1. The molecule has 0 aliphatic rings. The minimum atomic E-state index is -0.530. The zero-order valence-corrected chi connectivity index (χ0v) is 9.78. The molecule has 3 heteroatoms. The van der Waals surface area contributed by atoms with Gasteiger partial charge in [-0.05, 0) is 30.0 Å². The van der Waals surface area contributed by atoms with Crippen LogP contribution in [0.2, 0.25) is 0 Å². The first-order valence-corrected chi connectivity index (χ1v) is 5.50. The average molecular weight is 226 g/mol. The Morgan fingerprint density at radius 2 is 1.62 bits per heavy atom. The molecule has 0 aromatic heterocycles. The number of aliphatic hydroxyl groups excluding tert-OH is 2. The van der Waals surface area contributed by atoms with Crippen molar-refractivity contribution in [1.29, 1.82) is 0 Å². The zero-order chi connectivity index (χ0) is 12.2. The molecule has 0 spiro atoms. The monoisotopic (exact) mass is 226 g/mol. The summed E-state index contributed by atoms with van der Waals surface area (Å²) in [6, 6.07) is 6.18. The maximum absolute atomic E-state index is 12.7. The lowest BCUT2D eigenvalue weighted by Gasteiger charge is -2.34. The molecule has 2 N–H and O–H groups in total. The Morgan fingerprint density at radius 3 is 2.00 bits per heavy atom. The van der Waals surface area contributed by atoms with E-state index in [1.54, 1.807) is 12.1 Å². The van der Waals surface area contributed by atoms with Gasteiger partial charge >= 0.3 is 0 Å². The molecule has 0 heterocycles. The lowest BCUT2D eigenvalue weighted by atomic mass is 9.74. The fourth-order valence-electron chi connectivity index (χ4n) is 1.74. The first-order valence-electron chi connectivity index (χ1n) is 5.50. The van der Waals surface area contributed by atoms with E-state index in [2.05, 4.69) is 0 Å². The van der Waals surface area contributed by atoms with Gasteiger partial charge in [0.1, 0.15) is 5.82 Å². The highest BCUT2D eigenvalue weighted by Crippen LogP contribution is 2.30. The minimum absolute atomic E-state index is 0.0709. The van der Waals surface area contributed by atoms with Crippen LogP contribution in [0.3, 0.4) is 0 Å². The van der Waals surface area contributed by atoms with Crippen LogP contribution in [0.15, 0.2) is 24.3 Å². The van der Waals surface area contributed by atoms with Crippen LogP contribution in [-0.2, 0) is 6.42 Å². The number of aliphatic hydroxyl groups is 2. The molecule has 0 saturated heterocycles. The van der Waals surface area contributed by atoms with E-state index in [-0.39, 0.29) is 24.9 Å². The van der Waals surface area contributed by atoms with Gasteiger partial charge in [0.25, 0.3) is 0 Å². The summed E-state index contributed by atoms with van der Waals surface area (Å²) in [5, 5.41) is 18.9. The highest BCUT2D eigenvalue weighted by molar-refractivity contribution is 5.18. The van der Waals surface area contributed by atoms with E-state index in [4.69, 9.17) is 0 Å². The van der Waals surface area contributed by atoms with Crippen molar-refractivity contribution in [2.24, 2.45) is 11.3 Å². The van der Waals surface area contributed by atoms with E-state index in [0.717, 1.165) is 5.56 Å². The van der Waals surface area contributed by atoms with Gasteiger partial charge in [0.05, 0.1) is 13.2 Å². The SMILES string of the molecule is CC(C)C(CO)(CO)Cc1ccc(F)cc1. The van der Waals surface area contributed by atoms with Crippen molar-refractivity contribution >= 4 is 0 Å². The maximum atomic E-state index is 12.7. The van der Waals surface area contributed by atoms with Crippen molar-refractivity contribution < 1.29 is 14.6 Å². The second-order valence-corrected chi connectivity index (χ2v) is 4.64. The van der Waals surface area contributed by atoms with E-state index in [0.29, 0.717) is 6.42 Å². The van der Waals surface area contributed by atoms with Crippen LogP contribution in [0.1, 0.15) is 19.4 Å². The highest BCUT2D eigenvalue weighted by Gasteiger charge is 2.32. The van der Waals surface area contributed by atoms with Crippen LogP contribution in [0.5, 0.6) is 0 Å². The van der Waals surface area contributed by atoms with Gasteiger partial charge in [-0.25, -0.2) is 4.39 Å². The van der Waals surface area contributed by atoms with E-state index < -0.39 is 5.41 Å². The molecule has 1 rings (SSSR count). The molecule has 0 radical (unpaired) electrons. The van der Waals surface area contributed by atoms with Crippen molar-refractivity contribution in [2.75, 3.05) is 13.2 Å². The average Bonchev–Trinajstić information content (AvgIpc) is 2.28. The Hall–Kier alpha value is -0.930. The summed E-state index contributed by atoms with van der Waals surface area (Å²) in [6.07, 6.45) is 0.554. The third-order valence-electron chi connectivity index (χ3n) is 3.32. The number of hydrogen-bond donors (Lipinski definition) is 2. The predicted molar refractivity (Wildman–Crippen MR) is 61.5 cm³/mol. The van der Waals surface area contributed by atoms with Crippen molar-refractivity contribution in [3.63, 3.8) is 0 Å². The first-order chi connectivity index (χ1) is 7.54. The fourth-order valence-corrected chi connectivity index (χ4v) is 1.74. The van der Waals surface area contributed by atoms with Crippen molar-refractivity contribution in [1.82, 2.24) is 0 Å². The maximum Gasteiger partial charge on any atom is 0.123 e. The molecule has 0 aliphatic carbocycles. The minimum Gasteiger partial charge on any atom is -0.396 e. The summed E-state index contributed by atoms with van der Waals surface area (Å²) in [6.45, 7) is 3.79. The van der Waals surface area contributed by atoms with Gasteiger partial charge in [0, 0.05) is 5.41 Å². The zero-order valence-electron chi connectivity index (χ0n) is 9.78. The quantitative estimate of drug-likeness (QED) is 0.806. The molecule has 1 aromatic rings. The molecule has 2 nitrogen and oxygen atoms in total. The summed E-state index contributed by atoms with van der Waals surface area (Å²) in [5.41, 5.74) is 0.399. The summed E-state index contributed by atoms with van der Waals surface area (Å²) in [5.74, 6) is -0.112. The normalized spacial score (nSPS) is 12.1. The molecule has 0 fully saturated rings. The largest absolute Gasteiger partial charge is 0.396 e. The third-order valence-corrected chi connectivity index (χ3v) is 3.32. The topological polar surface area (TPSA) is 40.5 Å². The van der Waals surface area contributed by atoms with E-state index >= 15 is 0 Å². The van der Waals surface area contributed by atoms with Gasteiger partial charge in [0.15, 0.2) is 0 Å². The van der Waals surface area contributed by atoms with Gasteiger partial charge in [-0.3, -0.25) is 0 Å². The molecular weight excluding hydrogens is 207 g/mol. The van der Waals surface area contributed by atoms with Gasteiger partial charge in [-0.1, -0.05) is 26.0 Å². The molecule has 0 aliphatic heterocycles. The van der Waals surface area contributed by atoms with Crippen LogP contribution in [0, 0.1) is 17.2 Å². The molecule has 0 atom stereocenters. The first kappa shape index (κ1) is 13.1. The van der Waals surface area contributed by atoms with E-state index in [1.807, 2.05) is 13.8 Å². The Morgan fingerprint density at radius 1 is 1.12 bits per heavy atom. The van der Waals surface area contributed by atoms with Gasteiger partial charge in [0.2, 0.25) is 0 Å². The molecule has 1 aromatic carbocycles. The second-order valence-electron chi connectivity index (χ2n) is 4.64. The molecule has 0 unspecified atom stereocenters. The van der Waals surface area contributed by atoms with Crippen LogP contribution < -0.4 is 0 Å². The summed E-state index contributed by atoms with van der Waals surface area (Å²) in [7, 11) is 0.